The van der Waals surface area contributed by atoms with Crippen LogP contribution in [-0.2, 0) is 9.84 Å². The normalized spacial score (nSPS) is 23.2. The maximum absolute atomic E-state index is 11.4. The number of aryl methyl sites for hydroxylation is 1. The number of rotatable bonds is 1. The molecule has 5 heteroatoms. The van der Waals surface area contributed by atoms with E-state index >= 15 is 0 Å². The zero-order chi connectivity index (χ0) is 12.0. The Hall–Kier alpha value is -1.36. The number of aromatic nitrogens is 2. The van der Waals surface area contributed by atoms with Crippen LogP contribution in [0.25, 0.3) is 5.65 Å². The first-order valence-corrected chi connectivity index (χ1v) is 7.51. The van der Waals surface area contributed by atoms with Gasteiger partial charge in [-0.1, -0.05) is 0 Å². The summed E-state index contributed by atoms with van der Waals surface area (Å²) in [4.78, 5) is 4.52. The van der Waals surface area contributed by atoms with Crippen LogP contribution in [0.5, 0.6) is 0 Å². The third-order valence-electron chi connectivity index (χ3n) is 3.29. The SMILES string of the molecule is Cc1ccn2cc(C3CCS(=O)(=O)C3)nc2c1. The van der Waals surface area contributed by atoms with Gasteiger partial charge < -0.3 is 4.40 Å². The molecular weight excluding hydrogens is 236 g/mol. The van der Waals surface area contributed by atoms with Crippen molar-refractivity contribution in [2.45, 2.75) is 19.3 Å². The molecule has 1 aliphatic rings. The van der Waals surface area contributed by atoms with Crippen molar-refractivity contribution in [1.29, 1.82) is 0 Å². The Kier molecular flexibility index (Phi) is 2.26. The lowest BCUT2D eigenvalue weighted by Gasteiger charge is -2.00. The predicted octanol–water partition coefficient (Wildman–Crippen LogP) is 1.54. The number of fused-ring (bicyclic) bond motifs is 1. The number of hydrogen-bond acceptors (Lipinski definition) is 3. The van der Waals surface area contributed by atoms with Crippen LogP contribution in [-0.4, -0.2) is 29.3 Å². The average molecular weight is 250 g/mol. The van der Waals surface area contributed by atoms with Gasteiger partial charge in [-0.25, -0.2) is 13.4 Å². The fraction of sp³-hybridized carbons (Fsp3) is 0.417. The van der Waals surface area contributed by atoms with Crippen LogP contribution < -0.4 is 0 Å². The highest BCUT2D eigenvalue weighted by Gasteiger charge is 2.30. The summed E-state index contributed by atoms with van der Waals surface area (Å²) in [7, 11) is -2.84. The molecule has 0 amide bonds. The minimum absolute atomic E-state index is 0.0696. The molecule has 4 nitrogen and oxygen atoms in total. The van der Waals surface area contributed by atoms with E-state index in [-0.39, 0.29) is 11.7 Å². The van der Waals surface area contributed by atoms with Crippen LogP contribution in [0.15, 0.2) is 24.5 Å². The maximum Gasteiger partial charge on any atom is 0.151 e. The number of imidazole rings is 1. The summed E-state index contributed by atoms with van der Waals surface area (Å²) >= 11 is 0. The van der Waals surface area contributed by atoms with Crippen molar-refractivity contribution in [3.05, 3.63) is 35.8 Å². The molecule has 0 saturated carbocycles. The van der Waals surface area contributed by atoms with E-state index in [4.69, 9.17) is 0 Å². The van der Waals surface area contributed by atoms with E-state index in [2.05, 4.69) is 4.98 Å². The second kappa shape index (κ2) is 3.57. The molecule has 0 aromatic carbocycles. The molecule has 2 aromatic heterocycles. The fourth-order valence-corrected chi connectivity index (χ4v) is 4.09. The van der Waals surface area contributed by atoms with Crippen molar-refractivity contribution in [1.82, 2.24) is 9.38 Å². The Balaban J connectivity index is 2.02. The third-order valence-corrected chi connectivity index (χ3v) is 5.05. The van der Waals surface area contributed by atoms with Crippen LogP contribution in [0.3, 0.4) is 0 Å². The molecule has 1 fully saturated rings. The van der Waals surface area contributed by atoms with Crippen molar-refractivity contribution in [2.24, 2.45) is 0 Å². The second-order valence-electron chi connectivity index (χ2n) is 4.74. The smallest absolute Gasteiger partial charge is 0.151 e. The molecule has 3 rings (SSSR count). The monoisotopic (exact) mass is 250 g/mol. The lowest BCUT2D eigenvalue weighted by atomic mass is 10.1. The van der Waals surface area contributed by atoms with Crippen molar-refractivity contribution < 1.29 is 8.42 Å². The van der Waals surface area contributed by atoms with Gasteiger partial charge in [0.1, 0.15) is 5.65 Å². The van der Waals surface area contributed by atoms with Gasteiger partial charge in [-0.3, -0.25) is 0 Å². The molecule has 1 aliphatic heterocycles. The molecule has 0 spiro atoms. The highest BCUT2D eigenvalue weighted by atomic mass is 32.2. The fourth-order valence-electron chi connectivity index (χ4n) is 2.33. The second-order valence-corrected chi connectivity index (χ2v) is 6.96. The summed E-state index contributed by atoms with van der Waals surface area (Å²) in [6.07, 6.45) is 4.61. The quantitative estimate of drug-likeness (QED) is 0.771. The van der Waals surface area contributed by atoms with Crippen molar-refractivity contribution in [2.75, 3.05) is 11.5 Å². The van der Waals surface area contributed by atoms with E-state index in [1.165, 1.54) is 0 Å². The number of nitrogens with zero attached hydrogens (tertiary/aromatic N) is 2. The number of sulfone groups is 1. The van der Waals surface area contributed by atoms with Crippen LogP contribution in [0.2, 0.25) is 0 Å². The molecule has 0 aliphatic carbocycles. The molecule has 1 saturated heterocycles. The zero-order valence-electron chi connectivity index (χ0n) is 9.63. The first kappa shape index (κ1) is 10.8. The highest BCUT2D eigenvalue weighted by Crippen LogP contribution is 2.28. The van der Waals surface area contributed by atoms with E-state index in [0.29, 0.717) is 12.2 Å². The summed E-state index contributed by atoms with van der Waals surface area (Å²) in [5.41, 5.74) is 2.95. The standard InChI is InChI=1S/C12H14N2O2S/c1-9-2-4-14-7-11(13-12(14)6-9)10-3-5-17(15,16)8-10/h2,4,6-7,10H,3,5,8H2,1H3. The summed E-state index contributed by atoms with van der Waals surface area (Å²) in [5.74, 6) is 0.612. The van der Waals surface area contributed by atoms with Gasteiger partial charge in [0, 0.05) is 18.3 Å². The van der Waals surface area contributed by atoms with Gasteiger partial charge in [0.25, 0.3) is 0 Å². The minimum Gasteiger partial charge on any atom is -0.307 e. The van der Waals surface area contributed by atoms with Crippen molar-refractivity contribution in [3.8, 4) is 0 Å². The van der Waals surface area contributed by atoms with Crippen molar-refractivity contribution >= 4 is 15.5 Å². The minimum atomic E-state index is -2.84. The van der Waals surface area contributed by atoms with Crippen LogP contribution in [0.1, 0.15) is 23.6 Å². The zero-order valence-corrected chi connectivity index (χ0v) is 10.4. The molecule has 90 valence electrons. The lowest BCUT2D eigenvalue weighted by molar-refractivity contribution is 0.601. The Morgan fingerprint density at radius 3 is 3.00 bits per heavy atom. The van der Waals surface area contributed by atoms with Gasteiger partial charge in [-0.05, 0) is 31.0 Å². The lowest BCUT2D eigenvalue weighted by Crippen LogP contribution is -2.03. The van der Waals surface area contributed by atoms with Gasteiger partial charge in [-0.15, -0.1) is 0 Å². The Morgan fingerprint density at radius 2 is 2.29 bits per heavy atom. The maximum atomic E-state index is 11.4. The first-order chi connectivity index (χ1) is 8.03. The molecule has 3 heterocycles. The summed E-state index contributed by atoms with van der Waals surface area (Å²) in [6.45, 7) is 2.02. The Bertz CT molecular complexity index is 673. The van der Waals surface area contributed by atoms with Gasteiger partial charge >= 0.3 is 0 Å². The van der Waals surface area contributed by atoms with Crippen LogP contribution in [0.4, 0.5) is 0 Å². The molecule has 1 atom stereocenters. The third kappa shape index (κ3) is 1.95. The van der Waals surface area contributed by atoms with Crippen LogP contribution in [0, 0.1) is 6.92 Å². The molecule has 17 heavy (non-hydrogen) atoms. The van der Waals surface area contributed by atoms with E-state index in [1.54, 1.807) is 0 Å². The summed E-state index contributed by atoms with van der Waals surface area (Å²) in [5, 5.41) is 0. The van der Waals surface area contributed by atoms with E-state index in [1.807, 2.05) is 35.9 Å². The Labute approximate surface area is 100 Å². The van der Waals surface area contributed by atoms with Gasteiger partial charge in [-0.2, -0.15) is 0 Å². The van der Waals surface area contributed by atoms with Gasteiger partial charge in [0.2, 0.25) is 0 Å². The summed E-state index contributed by atoms with van der Waals surface area (Å²) in [6, 6.07) is 4.02. The highest BCUT2D eigenvalue weighted by molar-refractivity contribution is 7.91. The molecular formula is C12H14N2O2S. The number of hydrogen-bond donors (Lipinski definition) is 0. The van der Waals surface area contributed by atoms with Crippen molar-refractivity contribution in [3.63, 3.8) is 0 Å². The molecule has 0 bridgehead atoms. The number of pyridine rings is 1. The van der Waals surface area contributed by atoms with Gasteiger partial charge in [0.05, 0.1) is 17.2 Å². The molecule has 2 aromatic rings. The molecule has 1 unspecified atom stereocenters. The predicted molar refractivity (Wildman–Crippen MR) is 65.9 cm³/mol. The average Bonchev–Trinajstić information content (AvgIpc) is 2.80. The topological polar surface area (TPSA) is 51.4 Å². The van der Waals surface area contributed by atoms with E-state index < -0.39 is 9.84 Å². The van der Waals surface area contributed by atoms with Gasteiger partial charge in [0.15, 0.2) is 9.84 Å². The van der Waals surface area contributed by atoms with E-state index in [0.717, 1.165) is 16.9 Å². The Morgan fingerprint density at radius 1 is 1.47 bits per heavy atom. The first-order valence-electron chi connectivity index (χ1n) is 5.69. The largest absolute Gasteiger partial charge is 0.307 e. The molecule has 0 radical (unpaired) electrons. The van der Waals surface area contributed by atoms with E-state index in [9.17, 15) is 8.42 Å². The van der Waals surface area contributed by atoms with Crippen LogP contribution >= 0.6 is 0 Å². The summed E-state index contributed by atoms with van der Waals surface area (Å²) < 4.78 is 24.8. The molecule has 0 N–H and O–H groups in total.